The first-order valence-electron chi connectivity index (χ1n) is 7.98. The molecule has 1 N–H and O–H groups in total. The number of benzene rings is 3. The second kappa shape index (κ2) is 4.92. The molecular formula is C21H18O3. The molecule has 0 spiro atoms. The monoisotopic (exact) mass is 318 g/mol. The summed E-state index contributed by atoms with van der Waals surface area (Å²) in [5.74, 6) is -1.43. The van der Waals surface area contributed by atoms with E-state index in [1.54, 1.807) is 38.1 Å². The number of ketones is 1. The van der Waals surface area contributed by atoms with Crippen molar-refractivity contribution in [2.45, 2.75) is 19.6 Å². The van der Waals surface area contributed by atoms with E-state index in [-0.39, 0.29) is 5.78 Å². The van der Waals surface area contributed by atoms with Gasteiger partial charge in [-0.2, -0.15) is 0 Å². The topological polar surface area (TPSA) is 46.5 Å². The third-order valence-corrected chi connectivity index (χ3v) is 4.94. The SMILES string of the molecule is CC1(C)C(=O)c2ccccc2OC1(O)c1ccc2ccccc2c1. The maximum atomic E-state index is 13.0. The number of rotatable bonds is 1. The molecule has 24 heavy (non-hydrogen) atoms. The Kier molecular flexibility index (Phi) is 3.06. The third kappa shape index (κ3) is 1.91. The van der Waals surface area contributed by atoms with Crippen molar-refractivity contribution in [1.82, 2.24) is 0 Å². The molecule has 0 radical (unpaired) electrons. The molecule has 0 saturated carbocycles. The van der Waals surface area contributed by atoms with Crippen LogP contribution in [-0.4, -0.2) is 10.9 Å². The van der Waals surface area contributed by atoms with Crippen LogP contribution in [0.2, 0.25) is 0 Å². The molecule has 1 unspecified atom stereocenters. The highest BCUT2D eigenvalue weighted by Crippen LogP contribution is 2.49. The van der Waals surface area contributed by atoms with E-state index in [4.69, 9.17) is 4.74 Å². The minimum Gasteiger partial charge on any atom is -0.456 e. The fourth-order valence-corrected chi connectivity index (χ4v) is 3.34. The van der Waals surface area contributed by atoms with E-state index < -0.39 is 11.2 Å². The van der Waals surface area contributed by atoms with Crippen LogP contribution in [0.5, 0.6) is 5.75 Å². The van der Waals surface area contributed by atoms with Crippen molar-refractivity contribution in [3.8, 4) is 5.75 Å². The zero-order chi connectivity index (χ0) is 16.9. The summed E-state index contributed by atoms with van der Waals surface area (Å²) < 4.78 is 5.97. The Morgan fingerprint density at radius 3 is 2.33 bits per heavy atom. The van der Waals surface area contributed by atoms with Crippen molar-refractivity contribution >= 4 is 16.6 Å². The Hall–Kier alpha value is -2.65. The fraction of sp³-hybridized carbons (Fsp3) is 0.190. The number of aliphatic hydroxyl groups is 1. The van der Waals surface area contributed by atoms with Crippen molar-refractivity contribution in [3.05, 3.63) is 77.9 Å². The zero-order valence-electron chi connectivity index (χ0n) is 13.6. The molecule has 0 saturated heterocycles. The second-order valence-corrected chi connectivity index (χ2v) is 6.76. The van der Waals surface area contributed by atoms with Gasteiger partial charge < -0.3 is 9.84 Å². The van der Waals surface area contributed by atoms with Gasteiger partial charge in [0, 0.05) is 5.56 Å². The number of Topliss-reactive ketones (excluding diaryl/α,β-unsaturated/α-hetero) is 1. The third-order valence-electron chi connectivity index (χ3n) is 4.94. The Balaban J connectivity index is 1.93. The maximum absolute atomic E-state index is 13.0. The number of hydrogen-bond donors (Lipinski definition) is 1. The number of ether oxygens (including phenoxy) is 1. The molecule has 3 nitrogen and oxygen atoms in total. The van der Waals surface area contributed by atoms with Gasteiger partial charge in [-0.25, -0.2) is 0 Å². The molecule has 4 rings (SSSR count). The molecule has 0 amide bonds. The van der Waals surface area contributed by atoms with Crippen LogP contribution in [0.1, 0.15) is 29.8 Å². The van der Waals surface area contributed by atoms with Crippen molar-refractivity contribution in [2.75, 3.05) is 0 Å². The summed E-state index contributed by atoms with van der Waals surface area (Å²) in [5.41, 5.74) is -0.0221. The van der Waals surface area contributed by atoms with E-state index in [2.05, 4.69) is 0 Å². The van der Waals surface area contributed by atoms with E-state index in [9.17, 15) is 9.90 Å². The van der Waals surface area contributed by atoms with Crippen LogP contribution in [0, 0.1) is 5.41 Å². The van der Waals surface area contributed by atoms with E-state index in [0.717, 1.165) is 10.8 Å². The van der Waals surface area contributed by atoms with Crippen molar-refractivity contribution in [1.29, 1.82) is 0 Å². The zero-order valence-corrected chi connectivity index (χ0v) is 13.6. The van der Waals surface area contributed by atoms with Crippen LogP contribution in [0.3, 0.4) is 0 Å². The summed E-state index contributed by atoms with van der Waals surface area (Å²) in [6.45, 7) is 3.45. The van der Waals surface area contributed by atoms with Gasteiger partial charge in [-0.1, -0.05) is 48.5 Å². The lowest BCUT2D eigenvalue weighted by molar-refractivity contribution is -0.210. The Bertz CT molecular complexity index is 958. The molecule has 0 aliphatic carbocycles. The number of carbonyl (C=O) groups excluding carboxylic acids is 1. The van der Waals surface area contributed by atoms with Crippen molar-refractivity contribution < 1.29 is 14.6 Å². The highest BCUT2D eigenvalue weighted by molar-refractivity contribution is 6.04. The molecule has 3 heteroatoms. The summed E-state index contributed by atoms with van der Waals surface area (Å²) in [7, 11) is 0. The van der Waals surface area contributed by atoms with Crippen LogP contribution < -0.4 is 4.74 Å². The van der Waals surface area contributed by atoms with E-state index in [1.807, 2.05) is 42.5 Å². The van der Waals surface area contributed by atoms with Gasteiger partial charge in [-0.3, -0.25) is 4.79 Å². The highest BCUT2D eigenvalue weighted by atomic mass is 16.6. The van der Waals surface area contributed by atoms with E-state index >= 15 is 0 Å². The first kappa shape index (κ1) is 14.9. The normalized spacial score (nSPS) is 22.0. The van der Waals surface area contributed by atoms with Gasteiger partial charge in [-0.05, 0) is 42.8 Å². The number of fused-ring (bicyclic) bond motifs is 2. The van der Waals surface area contributed by atoms with Crippen LogP contribution in [0.15, 0.2) is 66.7 Å². The fourth-order valence-electron chi connectivity index (χ4n) is 3.34. The average Bonchev–Trinajstić information content (AvgIpc) is 2.60. The predicted octanol–water partition coefficient (Wildman–Crippen LogP) is 4.29. The van der Waals surface area contributed by atoms with E-state index in [0.29, 0.717) is 16.9 Å². The van der Waals surface area contributed by atoms with Crippen molar-refractivity contribution in [3.63, 3.8) is 0 Å². The number of carbonyl (C=O) groups is 1. The molecule has 0 aromatic heterocycles. The van der Waals surface area contributed by atoms with Crippen molar-refractivity contribution in [2.24, 2.45) is 5.41 Å². The van der Waals surface area contributed by atoms with Crippen LogP contribution >= 0.6 is 0 Å². The highest BCUT2D eigenvalue weighted by Gasteiger charge is 2.56. The first-order chi connectivity index (χ1) is 11.4. The molecule has 1 aliphatic heterocycles. The second-order valence-electron chi connectivity index (χ2n) is 6.76. The predicted molar refractivity (Wildman–Crippen MR) is 93.0 cm³/mol. The van der Waals surface area contributed by atoms with Crippen LogP contribution in [0.4, 0.5) is 0 Å². The molecule has 0 bridgehead atoms. The molecular weight excluding hydrogens is 300 g/mol. The molecule has 1 atom stereocenters. The lowest BCUT2D eigenvalue weighted by Crippen LogP contribution is -2.54. The lowest BCUT2D eigenvalue weighted by Gasteiger charge is -2.45. The van der Waals surface area contributed by atoms with Crippen LogP contribution in [-0.2, 0) is 5.79 Å². The van der Waals surface area contributed by atoms with Gasteiger partial charge in [0.2, 0.25) is 5.79 Å². The van der Waals surface area contributed by atoms with Crippen LogP contribution in [0.25, 0.3) is 10.8 Å². The number of hydrogen-bond acceptors (Lipinski definition) is 3. The van der Waals surface area contributed by atoms with Gasteiger partial charge in [0.25, 0.3) is 0 Å². The maximum Gasteiger partial charge on any atom is 0.247 e. The molecule has 1 heterocycles. The van der Waals surface area contributed by atoms with Gasteiger partial charge in [-0.15, -0.1) is 0 Å². The summed E-state index contributed by atoms with van der Waals surface area (Å²) in [6, 6.07) is 20.6. The minimum absolute atomic E-state index is 0.125. The summed E-state index contributed by atoms with van der Waals surface area (Å²) in [5, 5.41) is 13.5. The summed E-state index contributed by atoms with van der Waals surface area (Å²) in [6.07, 6.45) is 0. The molecule has 0 fully saturated rings. The first-order valence-corrected chi connectivity index (χ1v) is 7.98. The van der Waals surface area contributed by atoms with Gasteiger partial charge in [0.05, 0.1) is 11.0 Å². The number of para-hydroxylation sites is 1. The summed E-state index contributed by atoms with van der Waals surface area (Å²) in [4.78, 5) is 13.0. The van der Waals surface area contributed by atoms with Gasteiger partial charge >= 0.3 is 0 Å². The van der Waals surface area contributed by atoms with E-state index in [1.165, 1.54) is 0 Å². The Morgan fingerprint density at radius 2 is 1.54 bits per heavy atom. The van der Waals surface area contributed by atoms with Gasteiger partial charge in [0.15, 0.2) is 5.78 Å². The smallest absolute Gasteiger partial charge is 0.247 e. The Labute approximate surface area is 140 Å². The average molecular weight is 318 g/mol. The van der Waals surface area contributed by atoms with Gasteiger partial charge in [0.1, 0.15) is 5.75 Å². The largest absolute Gasteiger partial charge is 0.456 e. The minimum atomic E-state index is -1.72. The lowest BCUT2D eigenvalue weighted by atomic mass is 9.71. The molecule has 3 aromatic carbocycles. The molecule has 1 aliphatic rings. The standard InChI is InChI=1S/C21H18O3/c1-20(2)19(22)17-9-5-6-10-18(17)24-21(20,23)16-12-11-14-7-3-4-8-15(14)13-16/h3-13,23H,1-2H3. The Morgan fingerprint density at radius 1 is 0.875 bits per heavy atom. The molecule has 120 valence electrons. The summed E-state index contributed by atoms with van der Waals surface area (Å²) >= 11 is 0. The molecule has 3 aromatic rings. The quantitative estimate of drug-likeness (QED) is 0.728.